The number of ether oxygens (including phenoxy) is 1. The lowest BCUT2D eigenvalue weighted by Crippen LogP contribution is -2.44. The maximum absolute atomic E-state index is 11.2. The first-order valence-corrected chi connectivity index (χ1v) is 5.24. The highest BCUT2D eigenvalue weighted by molar-refractivity contribution is 5.75. The quantitative estimate of drug-likeness (QED) is 0.689. The SMILES string of the molecule is COC(=O)C(C)N[C@H](C)[C@@H](C)C(C)C. The Kier molecular flexibility index (Phi) is 5.77. The average molecular weight is 201 g/mol. The zero-order valence-electron chi connectivity index (χ0n) is 10.1. The van der Waals surface area contributed by atoms with Crippen molar-refractivity contribution in [2.45, 2.75) is 46.7 Å². The molecule has 84 valence electrons. The number of hydrogen-bond acceptors (Lipinski definition) is 3. The van der Waals surface area contributed by atoms with Crippen LogP contribution in [-0.4, -0.2) is 25.2 Å². The van der Waals surface area contributed by atoms with Gasteiger partial charge in [-0.1, -0.05) is 20.8 Å². The van der Waals surface area contributed by atoms with E-state index in [1.165, 1.54) is 7.11 Å². The highest BCUT2D eigenvalue weighted by atomic mass is 16.5. The summed E-state index contributed by atoms with van der Waals surface area (Å²) in [5, 5.41) is 3.24. The first kappa shape index (κ1) is 13.4. The number of hydrogen-bond donors (Lipinski definition) is 1. The van der Waals surface area contributed by atoms with Crippen LogP contribution in [-0.2, 0) is 9.53 Å². The lowest BCUT2D eigenvalue weighted by atomic mass is 9.91. The number of carbonyl (C=O) groups is 1. The Morgan fingerprint density at radius 3 is 2.00 bits per heavy atom. The van der Waals surface area contributed by atoms with E-state index in [1.807, 2.05) is 6.92 Å². The fourth-order valence-electron chi connectivity index (χ4n) is 1.37. The maximum Gasteiger partial charge on any atom is 0.322 e. The predicted molar refractivity (Wildman–Crippen MR) is 58.1 cm³/mol. The van der Waals surface area contributed by atoms with E-state index in [4.69, 9.17) is 0 Å². The van der Waals surface area contributed by atoms with E-state index in [0.717, 1.165) is 0 Å². The molecular formula is C11H23NO2. The summed E-state index contributed by atoms with van der Waals surface area (Å²) in [6.07, 6.45) is 0. The maximum atomic E-state index is 11.2. The molecule has 3 atom stereocenters. The molecule has 0 amide bonds. The van der Waals surface area contributed by atoms with Crippen molar-refractivity contribution in [3.8, 4) is 0 Å². The minimum absolute atomic E-state index is 0.201. The molecule has 0 aromatic rings. The van der Waals surface area contributed by atoms with Crippen LogP contribution >= 0.6 is 0 Å². The van der Waals surface area contributed by atoms with Gasteiger partial charge in [0.15, 0.2) is 0 Å². The lowest BCUT2D eigenvalue weighted by molar-refractivity contribution is -0.142. The molecule has 0 rings (SSSR count). The first-order valence-electron chi connectivity index (χ1n) is 5.24. The van der Waals surface area contributed by atoms with Gasteiger partial charge in [0.25, 0.3) is 0 Å². The summed E-state index contributed by atoms with van der Waals surface area (Å²) < 4.78 is 4.65. The summed E-state index contributed by atoms with van der Waals surface area (Å²) in [6, 6.07) is 0.0975. The molecule has 3 heteroatoms. The van der Waals surface area contributed by atoms with Crippen LogP contribution in [0.2, 0.25) is 0 Å². The molecule has 0 spiro atoms. The second-order valence-electron chi connectivity index (χ2n) is 4.30. The molecule has 1 unspecified atom stereocenters. The Morgan fingerprint density at radius 2 is 1.64 bits per heavy atom. The van der Waals surface area contributed by atoms with Crippen molar-refractivity contribution in [2.75, 3.05) is 7.11 Å². The monoisotopic (exact) mass is 201 g/mol. The minimum atomic E-state index is -0.226. The van der Waals surface area contributed by atoms with Gasteiger partial charge in [0.2, 0.25) is 0 Å². The van der Waals surface area contributed by atoms with Crippen LogP contribution in [0.5, 0.6) is 0 Å². The molecule has 0 aromatic carbocycles. The zero-order valence-corrected chi connectivity index (χ0v) is 10.1. The van der Waals surface area contributed by atoms with E-state index < -0.39 is 0 Å². The Labute approximate surface area is 87.2 Å². The first-order chi connectivity index (χ1) is 6.40. The van der Waals surface area contributed by atoms with Crippen molar-refractivity contribution >= 4 is 5.97 Å². The fraction of sp³-hybridized carbons (Fsp3) is 0.909. The molecule has 0 heterocycles. The van der Waals surface area contributed by atoms with E-state index in [0.29, 0.717) is 17.9 Å². The molecule has 0 aliphatic rings. The Hall–Kier alpha value is -0.570. The summed E-state index contributed by atoms with van der Waals surface area (Å²) in [7, 11) is 1.41. The van der Waals surface area contributed by atoms with Crippen molar-refractivity contribution < 1.29 is 9.53 Å². The van der Waals surface area contributed by atoms with Gasteiger partial charge in [-0.25, -0.2) is 0 Å². The molecule has 3 nitrogen and oxygen atoms in total. The molecule has 0 saturated carbocycles. The van der Waals surface area contributed by atoms with Gasteiger partial charge in [0.05, 0.1) is 7.11 Å². The van der Waals surface area contributed by atoms with E-state index in [9.17, 15) is 4.79 Å². The molecule has 0 fully saturated rings. The van der Waals surface area contributed by atoms with Crippen LogP contribution in [0.3, 0.4) is 0 Å². The minimum Gasteiger partial charge on any atom is -0.468 e. The van der Waals surface area contributed by atoms with Gasteiger partial charge < -0.3 is 10.1 Å². The predicted octanol–water partition coefficient (Wildman–Crippen LogP) is 1.82. The molecule has 1 N–H and O–H groups in total. The zero-order chi connectivity index (χ0) is 11.3. The van der Waals surface area contributed by atoms with Gasteiger partial charge in [-0.05, 0) is 25.7 Å². The topological polar surface area (TPSA) is 38.3 Å². The number of esters is 1. The molecule has 0 saturated heterocycles. The van der Waals surface area contributed by atoms with Crippen molar-refractivity contribution in [3.63, 3.8) is 0 Å². The van der Waals surface area contributed by atoms with Crippen LogP contribution in [0.15, 0.2) is 0 Å². The molecule has 14 heavy (non-hydrogen) atoms. The van der Waals surface area contributed by atoms with Crippen LogP contribution in [0.25, 0.3) is 0 Å². The Bertz CT molecular complexity index is 180. The summed E-state index contributed by atoms with van der Waals surface area (Å²) in [5.74, 6) is 0.956. The number of rotatable bonds is 5. The number of carbonyl (C=O) groups excluding carboxylic acids is 1. The highest BCUT2D eigenvalue weighted by Crippen LogP contribution is 2.14. The molecular weight excluding hydrogens is 178 g/mol. The molecule has 0 aliphatic heterocycles. The second-order valence-corrected chi connectivity index (χ2v) is 4.30. The number of nitrogens with one attached hydrogen (secondary N) is 1. The fourth-order valence-corrected chi connectivity index (χ4v) is 1.37. The molecule has 0 aromatic heterocycles. The average Bonchev–Trinajstić information content (AvgIpc) is 2.14. The van der Waals surface area contributed by atoms with E-state index in [1.54, 1.807) is 0 Å². The third-order valence-corrected chi connectivity index (χ3v) is 2.91. The van der Waals surface area contributed by atoms with Gasteiger partial charge in [0, 0.05) is 6.04 Å². The summed E-state index contributed by atoms with van der Waals surface area (Å²) in [6.45, 7) is 10.5. The van der Waals surface area contributed by atoms with Crippen LogP contribution in [0.1, 0.15) is 34.6 Å². The highest BCUT2D eigenvalue weighted by Gasteiger charge is 2.20. The molecule has 0 radical (unpaired) electrons. The van der Waals surface area contributed by atoms with Crippen LogP contribution in [0.4, 0.5) is 0 Å². The summed E-state index contributed by atoms with van der Waals surface area (Å²) in [5.41, 5.74) is 0. The van der Waals surface area contributed by atoms with Gasteiger partial charge >= 0.3 is 5.97 Å². The van der Waals surface area contributed by atoms with Gasteiger partial charge in [-0.15, -0.1) is 0 Å². The smallest absolute Gasteiger partial charge is 0.322 e. The largest absolute Gasteiger partial charge is 0.468 e. The second kappa shape index (κ2) is 6.02. The standard InChI is InChI=1S/C11H23NO2/c1-7(2)8(3)9(4)12-10(5)11(13)14-6/h7-10,12H,1-6H3/t8-,9+,10?/m0/s1. The lowest BCUT2D eigenvalue weighted by Gasteiger charge is -2.26. The van der Waals surface area contributed by atoms with Crippen molar-refractivity contribution in [3.05, 3.63) is 0 Å². The van der Waals surface area contributed by atoms with Gasteiger partial charge in [0.1, 0.15) is 6.04 Å². The van der Waals surface area contributed by atoms with Gasteiger partial charge in [-0.2, -0.15) is 0 Å². The summed E-state index contributed by atoms with van der Waals surface area (Å²) >= 11 is 0. The molecule has 0 bridgehead atoms. The number of methoxy groups -OCH3 is 1. The third-order valence-electron chi connectivity index (χ3n) is 2.91. The third kappa shape index (κ3) is 4.09. The van der Waals surface area contributed by atoms with E-state index in [-0.39, 0.29) is 12.0 Å². The van der Waals surface area contributed by atoms with Crippen LogP contribution in [0, 0.1) is 11.8 Å². The van der Waals surface area contributed by atoms with Crippen molar-refractivity contribution in [2.24, 2.45) is 11.8 Å². The Morgan fingerprint density at radius 1 is 1.14 bits per heavy atom. The van der Waals surface area contributed by atoms with Gasteiger partial charge in [-0.3, -0.25) is 4.79 Å². The van der Waals surface area contributed by atoms with Crippen LogP contribution < -0.4 is 5.32 Å². The molecule has 0 aliphatic carbocycles. The summed E-state index contributed by atoms with van der Waals surface area (Å²) in [4.78, 5) is 11.2. The normalized spacial score (nSPS) is 17.6. The van der Waals surface area contributed by atoms with E-state index >= 15 is 0 Å². The van der Waals surface area contributed by atoms with Crippen molar-refractivity contribution in [1.29, 1.82) is 0 Å². The van der Waals surface area contributed by atoms with E-state index in [2.05, 4.69) is 37.7 Å². The van der Waals surface area contributed by atoms with Crippen molar-refractivity contribution in [1.82, 2.24) is 5.32 Å². The Balaban J connectivity index is 4.05.